The lowest BCUT2D eigenvalue weighted by atomic mass is 9.89. The largest absolute Gasteiger partial charge is 0.496 e. The van der Waals surface area contributed by atoms with Crippen molar-refractivity contribution in [3.05, 3.63) is 35.4 Å². The summed E-state index contributed by atoms with van der Waals surface area (Å²) in [6.07, 6.45) is 1.37. The SMILES string of the molecule is COc1cccc2c1C(=O)C(=O)C=C2C. The van der Waals surface area contributed by atoms with Crippen LogP contribution in [0, 0.1) is 0 Å². The molecule has 0 heterocycles. The molecule has 0 fully saturated rings. The van der Waals surface area contributed by atoms with Gasteiger partial charge in [-0.25, -0.2) is 0 Å². The summed E-state index contributed by atoms with van der Waals surface area (Å²) in [6, 6.07) is 5.30. The van der Waals surface area contributed by atoms with E-state index in [-0.39, 0.29) is 0 Å². The lowest BCUT2D eigenvalue weighted by molar-refractivity contribution is -0.111. The van der Waals surface area contributed by atoms with E-state index in [1.165, 1.54) is 13.2 Å². The fourth-order valence-corrected chi connectivity index (χ4v) is 1.73. The third kappa shape index (κ3) is 1.36. The van der Waals surface area contributed by atoms with Crippen LogP contribution in [0.4, 0.5) is 0 Å². The molecule has 0 aliphatic heterocycles. The van der Waals surface area contributed by atoms with Gasteiger partial charge in [-0.15, -0.1) is 0 Å². The Morgan fingerprint density at radius 3 is 2.60 bits per heavy atom. The molecule has 0 unspecified atom stereocenters. The van der Waals surface area contributed by atoms with Gasteiger partial charge in [-0.3, -0.25) is 9.59 Å². The number of hydrogen-bond acceptors (Lipinski definition) is 3. The van der Waals surface area contributed by atoms with E-state index in [1.54, 1.807) is 12.1 Å². The molecule has 1 aliphatic carbocycles. The summed E-state index contributed by atoms with van der Waals surface area (Å²) in [5.74, 6) is -0.518. The predicted molar refractivity (Wildman–Crippen MR) is 56.0 cm³/mol. The molecule has 1 aliphatic rings. The van der Waals surface area contributed by atoms with Crippen LogP contribution in [0.25, 0.3) is 5.57 Å². The van der Waals surface area contributed by atoms with Crippen LogP contribution in [-0.4, -0.2) is 18.7 Å². The van der Waals surface area contributed by atoms with Crippen molar-refractivity contribution < 1.29 is 14.3 Å². The average Bonchev–Trinajstić information content (AvgIpc) is 2.25. The normalized spacial score (nSPS) is 14.7. The van der Waals surface area contributed by atoms with Gasteiger partial charge in [0.25, 0.3) is 0 Å². The Morgan fingerprint density at radius 1 is 1.20 bits per heavy atom. The summed E-state index contributed by atoms with van der Waals surface area (Å²) in [6.45, 7) is 1.81. The summed E-state index contributed by atoms with van der Waals surface area (Å²) < 4.78 is 5.08. The number of benzene rings is 1. The molecule has 0 saturated heterocycles. The maximum Gasteiger partial charge on any atom is 0.237 e. The van der Waals surface area contributed by atoms with E-state index in [9.17, 15) is 9.59 Å². The van der Waals surface area contributed by atoms with Crippen LogP contribution in [0.5, 0.6) is 5.75 Å². The molecule has 0 atom stereocenters. The van der Waals surface area contributed by atoms with Gasteiger partial charge >= 0.3 is 0 Å². The molecule has 3 heteroatoms. The molecule has 1 aromatic carbocycles. The average molecular weight is 202 g/mol. The van der Waals surface area contributed by atoms with Gasteiger partial charge in [0.1, 0.15) is 5.75 Å². The number of ether oxygens (including phenoxy) is 1. The summed E-state index contributed by atoms with van der Waals surface area (Å²) in [4.78, 5) is 23.0. The zero-order chi connectivity index (χ0) is 11.0. The molecule has 0 amide bonds. The van der Waals surface area contributed by atoms with Gasteiger partial charge in [0.15, 0.2) is 0 Å². The second-order valence-electron chi connectivity index (χ2n) is 3.40. The molecular weight excluding hydrogens is 192 g/mol. The highest BCUT2D eigenvalue weighted by Crippen LogP contribution is 2.31. The van der Waals surface area contributed by atoms with E-state index in [0.29, 0.717) is 11.3 Å². The second-order valence-corrected chi connectivity index (χ2v) is 3.40. The lowest BCUT2D eigenvalue weighted by Crippen LogP contribution is -2.19. The summed E-state index contributed by atoms with van der Waals surface area (Å²) in [5, 5.41) is 0. The minimum absolute atomic E-state index is 0.380. The molecule has 15 heavy (non-hydrogen) atoms. The third-order valence-electron chi connectivity index (χ3n) is 2.47. The van der Waals surface area contributed by atoms with Crippen LogP contribution >= 0.6 is 0 Å². The van der Waals surface area contributed by atoms with Crippen molar-refractivity contribution in [1.29, 1.82) is 0 Å². The molecule has 0 saturated carbocycles. The summed E-state index contributed by atoms with van der Waals surface area (Å²) in [5.41, 5.74) is 1.96. The number of ketones is 2. The second kappa shape index (κ2) is 3.35. The molecule has 3 nitrogen and oxygen atoms in total. The Bertz CT molecular complexity index is 484. The number of methoxy groups -OCH3 is 1. The first-order valence-electron chi connectivity index (χ1n) is 4.59. The molecule has 1 aromatic rings. The number of fused-ring (bicyclic) bond motifs is 1. The summed E-state index contributed by atoms with van der Waals surface area (Å²) >= 11 is 0. The Labute approximate surface area is 87.4 Å². The highest BCUT2D eigenvalue weighted by molar-refractivity contribution is 6.51. The van der Waals surface area contributed by atoms with E-state index in [2.05, 4.69) is 0 Å². The first-order chi connectivity index (χ1) is 7.15. The molecule has 2 rings (SSSR count). The van der Waals surface area contributed by atoms with Crippen molar-refractivity contribution >= 4 is 17.1 Å². The highest BCUT2D eigenvalue weighted by Gasteiger charge is 2.26. The molecule has 0 bridgehead atoms. The number of rotatable bonds is 1. The molecule has 0 radical (unpaired) electrons. The molecule has 0 N–H and O–H groups in total. The molecular formula is C12H10O3. The number of Topliss-reactive ketones (excluding diaryl/α,β-unsaturated/α-hetero) is 1. The van der Waals surface area contributed by atoms with Crippen LogP contribution in [0.1, 0.15) is 22.8 Å². The third-order valence-corrected chi connectivity index (χ3v) is 2.47. The van der Waals surface area contributed by atoms with Gasteiger partial charge in [0.2, 0.25) is 11.6 Å². The van der Waals surface area contributed by atoms with E-state index >= 15 is 0 Å². The summed E-state index contributed by atoms with van der Waals surface area (Å²) in [7, 11) is 1.49. The quantitative estimate of drug-likeness (QED) is 0.653. The minimum atomic E-state index is -0.493. The fraction of sp³-hybridized carbons (Fsp3) is 0.167. The van der Waals surface area contributed by atoms with Crippen molar-refractivity contribution in [2.45, 2.75) is 6.92 Å². The zero-order valence-electron chi connectivity index (χ0n) is 8.53. The predicted octanol–water partition coefficient (Wildman–Crippen LogP) is 1.86. The van der Waals surface area contributed by atoms with E-state index in [1.807, 2.05) is 13.0 Å². The van der Waals surface area contributed by atoms with Crippen LogP contribution in [0.3, 0.4) is 0 Å². The van der Waals surface area contributed by atoms with E-state index < -0.39 is 11.6 Å². The van der Waals surface area contributed by atoms with Crippen molar-refractivity contribution in [1.82, 2.24) is 0 Å². The Balaban J connectivity index is 2.75. The number of allylic oxidation sites excluding steroid dienone is 2. The molecule has 76 valence electrons. The first-order valence-corrected chi connectivity index (χ1v) is 4.59. The standard InChI is InChI=1S/C12H10O3/c1-7-6-9(13)12(14)11-8(7)4-3-5-10(11)15-2/h3-6H,1-2H3. The van der Waals surface area contributed by atoms with Crippen molar-refractivity contribution in [3.8, 4) is 5.75 Å². The number of carbonyl (C=O) groups is 2. The maximum absolute atomic E-state index is 11.7. The van der Waals surface area contributed by atoms with Gasteiger partial charge in [-0.1, -0.05) is 12.1 Å². The Hall–Kier alpha value is -1.90. The topological polar surface area (TPSA) is 43.4 Å². The zero-order valence-corrected chi connectivity index (χ0v) is 8.53. The van der Waals surface area contributed by atoms with E-state index in [4.69, 9.17) is 4.74 Å². The van der Waals surface area contributed by atoms with E-state index in [0.717, 1.165) is 11.1 Å². The monoisotopic (exact) mass is 202 g/mol. The smallest absolute Gasteiger partial charge is 0.237 e. The number of carbonyl (C=O) groups excluding carboxylic acids is 2. The van der Waals surface area contributed by atoms with Crippen LogP contribution in [0.15, 0.2) is 24.3 Å². The maximum atomic E-state index is 11.7. The molecule has 0 aromatic heterocycles. The van der Waals surface area contributed by atoms with Crippen LogP contribution < -0.4 is 4.74 Å². The number of hydrogen-bond donors (Lipinski definition) is 0. The van der Waals surface area contributed by atoms with Gasteiger partial charge in [-0.05, 0) is 30.2 Å². The van der Waals surface area contributed by atoms with Gasteiger partial charge in [0, 0.05) is 0 Å². The minimum Gasteiger partial charge on any atom is -0.496 e. The van der Waals surface area contributed by atoms with Crippen molar-refractivity contribution in [3.63, 3.8) is 0 Å². The lowest BCUT2D eigenvalue weighted by Gasteiger charge is -2.15. The van der Waals surface area contributed by atoms with Crippen molar-refractivity contribution in [2.75, 3.05) is 7.11 Å². The van der Waals surface area contributed by atoms with Gasteiger partial charge in [0.05, 0.1) is 12.7 Å². The molecule has 0 spiro atoms. The van der Waals surface area contributed by atoms with Gasteiger partial charge < -0.3 is 4.74 Å². The Kier molecular flexibility index (Phi) is 2.15. The van der Waals surface area contributed by atoms with Gasteiger partial charge in [-0.2, -0.15) is 0 Å². The highest BCUT2D eigenvalue weighted by atomic mass is 16.5. The Morgan fingerprint density at radius 2 is 1.93 bits per heavy atom. The van der Waals surface area contributed by atoms with Crippen LogP contribution in [0.2, 0.25) is 0 Å². The first kappa shape index (κ1) is 9.65. The van der Waals surface area contributed by atoms with Crippen LogP contribution in [-0.2, 0) is 4.79 Å². The van der Waals surface area contributed by atoms with Crippen molar-refractivity contribution in [2.24, 2.45) is 0 Å². The fourth-order valence-electron chi connectivity index (χ4n) is 1.73.